The van der Waals surface area contributed by atoms with E-state index in [0.29, 0.717) is 16.5 Å². The normalized spacial score (nSPS) is 10.8. The minimum absolute atomic E-state index is 0.0381. The molecule has 1 aromatic heterocycles. The molecule has 0 aliphatic heterocycles. The number of fused-ring (bicyclic) bond motifs is 1. The van der Waals surface area contributed by atoms with Crippen molar-refractivity contribution in [1.82, 2.24) is 4.98 Å². The molecule has 1 aromatic carbocycles. The van der Waals surface area contributed by atoms with E-state index in [2.05, 4.69) is 20.9 Å². The highest BCUT2D eigenvalue weighted by Crippen LogP contribution is 2.35. The summed E-state index contributed by atoms with van der Waals surface area (Å²) in [6.45, 7) is 1.54. The first kappa shape index (κ1) is 12.2. The molecule has 88 valence electrons. The van der Waals surface area contributed by atoms with Crippen LogP contribution in [0.4, 0.5) is 10.1 Å². The summed E-state index contributed by atoms with van der Waals surface area (Å²) in [7, 11) is 0. The number of nitro groups is 1. The predicted molar refractivity (Wildman–Crippen MR) is 65.8 cm³/mol. The third-order valence-corrected chi connectivity index (χ3v) is 3.37. The third kappa shape index (κ3) is 1.87. The van der Waals surface area contributed by atoms with Crippen molar-refractivity contribution in [2.45, 2.75) is 6.92 Å². The van der Waals surface area contributed by atoms with Gasteiger partial charge in [-0.05, 0) is 28.9 Å². The van der Waals surface area contributed by atoms with Gasteiger partial charge in [0.05, 0.1) is 14.9 Å². The minimum atomic E-state index is -0.624. The summed E-state index contributed by atoms with van der Waals surface area (Å²) < 4.78 is 13.8. The maximum atomic E-state index is 13.6. The van der Waals surface area contributed by atoms with E-state index < -0.39 is 10.7 Å². The van der Waals surface area contributed by atoms with Gasteiger partial charge in [-0.1, -0.05) is 11.6 Å². The van der Waals surface area contributed by atoms with Gasteiger partial charge >= 0.3 is 5.69 Å². The molecule has 0 atom stereocenters. The lowest BCUT2D eigenvalue weighted by Gasteiger charge is -2.06. The van der Waals surface area contributed by atoms with E-state index in [0.717, 1.165) is 6.20 Å². The Balaban J connectivity index is 2.92. The molecule has 0 fully saturated rings. The third-order valence-electron chi connectivity index (χ3n) is 2.39. The SMILES string of the molecule is Cc1c(F)c(Br)cc2c(Cl)c([N+](=O)[O-])cnc12. The summed E-state index contributed by atoms with van der Waals surface area (Å²) in [4.78, 5) is 14.0. The van der Waals surface area contributed by atoms with Crippen LogP contribution in [-0.2, 0) is 0 Å². The molecule has 7 heteroatoms. The fourth-order valence-corrected chi connectivity index (χ4v) is 2.31. The quantitative estimate of drug-likeness (QED) is 0.589. The summed E-state index contributed by atoms with van der Waals surface area (Å²) in [5.74, 6) is -0.449. The van der Waals surface area contributed by atoms with Crippen LogP contribution in [-0.4, -0.2) is 9.91 Å². The fourth-order valence-electron chi connectivity index (χ4n) is 1.52. The second-order valence-electron chi connectivity index (χ2n) is 3.41. The van der Waals surface area contributed by atoms with Crippen molar-refractivity contribution in [3.05, 3.63) is 43.3 Å². The number of hydrogen-bond acceptors (Lipinski definition) is 3. The van der Waals surface area contributed by atoms with E-state index in [1.807, 2.05) is 0 Å². The first-order chi connectivity index (χ1) is 7.93. The van der Waals surface area contributed by atoms with Gasteiger partial charge in [0, 0.05) is 10.9 Å². The van der Waals surface area contributed by atoms with Crippen LogP contribution in [0.1, 0.15) is 5.56 Å². The molecule has 0 saturated carbocycles. The lowest BCUT2D eigenvalue weighted by Crippen LogP contribution is -1.95. The molecule has 0 unspecified atom stereocenters. The first-order valence-corrected chi connectivity index (χ1v) is 5.67. The van der Waals surface area contributed by atoms with Gasteiger partial charge in [0.25, 0.3) is 0 Å². The number of pyridine rings is 1. The van der Waals surface area contributed by atoms with Gasteiger partial charge in [-0.15, -0.1) is 0 Å². The number of hydrogen-bond donors (Lipinski definition) is 0. The minimum Gasteiger partial charge on any atom is -0.258 e. The summed E-state index contributed by atoms with van der Waals surface area (Å²) in [5.41, 5.74) is 0.324. The van der Waals surface area contributed by atoms with Crippen molar-refractivity contribution in [3.63, 3.8) is 0 Å². The van der Waals surface area contributed by atoms with Crippen LogP contribution in [0.5, 0.6) is 0 Å². The Kier molecular flexibility index (Phi) is 3.01. The average Bonchev–Trinajstić information content (AvgIpc) is 2.27. The maximum Gasteiger partial charge on any atom is 0.306 e. The number of rotatable bonds is 1. The molecule has 2 rings (SSSR count). The van der Waals surface area contributed by atoms with Crippen LogP contribution in [0.2, 0.25) is 5.02 Å². The molecule has 0 saturated heterocycles. The molecule has 17 heavy (non-hydrogen) atoms. The Hall–Kier alpha value is -1.27. The summed E-state index contributed by atoms with van der Waals surface area (Å²) in [6.07, 6.45) is 1.03. The summed E-state index contributed by atoms with van der Waals surface area (Å²) >= 11 is 8.94. The molecule has 0 spiro atoms. The second-order valence-corrected chi connectivity index (χ2v) is 4.64. The van der Waals surface area contributed by atoms with E-state index >= 15 is 0 Å². The smallest absolute Gasteiger partial charge is 0.258 e. The largest absolute Gasteiger partial charge is 0.306 e. The van der Waals surface area contributed by atoms with Gasteiger partial charge in [-0.2, -0.15) is 0 Å². The number of aryl methyl sites for hydroxylation is 1. The van der Waals surface area contributed by atoms with Crippen LogP contribution >= 0.6 is 27.5 Å². The van der Waals surface area contributed by atoms with E-state index in [1.165, 1.54) is 13.0 Å². The molecule has 0 aliphatic carbocycles. The molecular formula is C10H5BrClFN2O2. The van der Waals surface area contributed by atoms with Gasteiger partial charge in [-0.3, -0.25) is 10.1 Å². The van der Waals surface area contributed by atoms with Crippen molar-refractivity contribution in [2.24, 2.45) is 0 Å². The van der Waals surface area contributed by atoms with Crippen molar-refractivity contribution in [3.8, 4) is 0 Å². The van der Waals surface area contributed by atoms with Gasteiger partial charge in [0.15, 0.2) is 0 Å². The summed E-state index contributed by atoms with van der Waals surface area (Å²) in [6, 6.07) is 1.39. The lowest BCUT2D eigenvalue weighted by molar-refractivity contribution is -0.384. The highest BCUT2D eigenvalue weighted by molar-refractivity contribution is 9.10. The topological polar surface area (TPSA) is 56.0 Å². The molecule has 1 heterocycles. The Labute approximate surface area is 109 Å². The lowest BCUT2D eigenvalue weighted by atomic mass is 10.1. The number of benzene rings is 1. The van der Waals surface area contributed by atoms with Crippen molar-refractivity contribution < 1.29 is 9.31 Å². The molecule has 0 radical (unpaired) electrons. The van der Waals surface area contributed by atoms with Crippen LogP contribution in [0.15, 0.2) is 16.7 Å². The van der Waals surface area contributed by atoms with E-state index in [4.69, 9.17) is 11.6 Å². The van der Waals surface area contributed by atoms with Gasteiger partial charge in [0.2, 0.25) is 0 Å². The van der Waals surface area contributed by atoms with E-state index in [-0.39, 0.29) is 15.2 Å². The molecular weight excluding hydrogens is 314 g/mol. The zero-order valence-corrected chi connectivity index (χ0v) is 10.8. The second kappa shape index (κ2) is 4.19. The molecule has 0 aliphatic rings. The van der Waals surface area contributed by atoms with Crippen LogP contribution in [0, 0.1) is 22.9 Å². The Bertz CT molecular complexity index is 648. The average molecular weight is 320 g/mol. The van der Waals surface area contributed by atoms with E-state index in [1.54, 1.807) is 0 Å². The number of aromatic nitrogens is 1. The molecule has 0 amide bonds. The zero-order valence-electron chi connectivity index (χ0n) is 8.50. The molecule has 0 N–H and O–H groups in total. The summed E-state index contributed by atoms with van der Waals surface area (Å²) in [5, 5.41) is 11.0. The van der Waals surface area contributed by atoms with Gasteiger partial charge in [0.1, 0.15) is 17.0 Å². The highest BCUT2D eigenvalue weighted by atomic mass is 79.9. The maximum absolute atomic E-state index is 13.6. The Morgan fingerprint density at radius 2 is 2.24 bits per heavy atom. The Morgan fingerprint density at radius 3 is 2.82 bits per heavy atom. The molecule has 4 nitrogen and oxygen atoms in total. The van der Waals surface area contributed by atoms with Crippen molar-refractivity contribution >= 4 is 44.1 Å². The number of halogens is 3. The Morgan fingerprint density at radius 1 is 1.59 bits per heavy atom. The highest BCUT2D eigenvalue weighted by Gasteiger charge is 2.19. The van der Waals surface area contributed by atoms with Crippen LogP contribution < -0.4 is 0 Å². The van der Waals surface area contributed by atoms with Gasteiger partial charge in [-0.25, -0.2) is 9.37 Å². The molecule has 0 bridgehead atoms. The standard InChI is InChI=1S/C10H5BrClFN2O2/c1-4-9(13)6(11)2-5-8(12)7(15(16)17)3-14-10(4)5/h2-3H,1H3. The molecule has 2 aromatic rings. The van der Waals surface area contributed by atoms with Crippen LogP contribution in [0.3, 0.4) is 0 Å². The first-order valence-electron chi connectivity index (χ1n) is 4.50. The fraction of sp³-hybridized carbons (Fsp3) is 0.100. The monoisotopic (exact) mass is 318 g/mol. The zero-order chi connectivity index (χ0) is 12.7. The van der Waals surface area contributed by atoms with Crippen molar-refractivity contribution in [1.29, 1.82) is 0 Å². The number of nitrogens with zero attached hydrogens (tertiary/aromatic N) is 2. The van der Waals surface area contributed by atoms with Crippen molar-refractivity contribution in [2.75, 3.05) is 0 Å². The van der Waals surface area contributed by atoms with Gasteiger partial charge < -0.3 is 0 Å². The van der Waals surface area contributed by atoms with Crippen LogP contribution in [0.25, 0.3) is 10.9 Å². The van der Waals surface area contributed by atoms with E-state index in [9.17, 15) is 14.5 Å². The predicted octanol–water partition coefficient (Wildman–Crippen LogP) is 4.01.